The van der Waals surface area contributed by atoms with E-state index < -0.39 is 28.2 Å². The fourth-order valence-corrected chi connectivity index (χ4v) is 4.59. The number of ether oxygens (including phenoxy) is 1. The Morgan fingerprint density at radius 3 is 2.34 bits per heavy atom. The lowest BCUT2D eigenvalue weighted by atomic mass is 9.89. The summed E-state index contributed by atoms with van der Waals surface area (Å²) in [6.07, 6.45) is -1.91. The van der Waals surface area contributed by atoms with E-state index in [4.69, 9.17) is 11.6 Å². The van der Waals surface area contributed by atoms with E-state index in [0.29, 0.717) is 10.7 Å². The molecule has 0 radical (unpaired) electrons. The number of pyridine rings is 1. The summed E-state index contributed by atoms with van der Waals surface area (Å²) in [6, 6.07) is 6.76. The van der Waals surface area contributed by atoms with E-state index in [2.05, 4.69) is 19.8 Å². The Morgan fingerprint density at radius 1 is 1.14 bits per heavy atom. The van der Waals surface area contributed by atoms with Gasteiger partial charge in [-0.1, -0.05) is 11.6 Å². The number of sulfonamides is 1. The lowest BCUT2D eigenvalue weighted by Crippen LogP contribution is -2.39. The number of piperidine rings is 1. The number of benzene rings is 1. The third kappa shape index (κ3) is 6.05. The number of rotatable bonds is 6. The van der Waals surface area contributed by atoms with Crippen LogP contribution in [0.5, 0.6) is 5.75 Å². The van der Waals surface area contributed by atoms with E-state index in [9.17, 15) is 21.6 Å². The maximum absolute atomic E-state index is 12.9. The topological polar surface area (TPSA) is 80.3 Å². The predicted molar refractivity (Wildman–Crippen MR) is 101 cm³/mol. The summed E-state index contributed by atoms with van der Waals surface area (Å²) in [5.74, 6) is -0.488. The summed E-state index contributed by atoms with van der Waals surface area (Å²) in [6.45, 7) is 1.50. The Morgan fingerprint density at radius 2 is 1.79 bits per heavy atom. The van der Waals surface area contributed by atoms with Gasteiger partial charge in [-0.05, 0) is 68.2 Å². The number of aromatic nitrogens is 1. The third-order valence-corrected chi connectivity index (χ3v) is 6.25. The number of hydrogen-bond donors (Lipinski definition) is 2. The van der Waals surface area contributed by atoms with Gasteiger partial charge in [0, 0.05) is 6.20 Å². The summed E-state index contributed by atoms with van der Waals surface area (Å²) < 4.78 is 69.1. The van der Waals surface area contributed by atoms with Gasteiger partial charge in [-0.2, -0.15) is 0 Å². The van der Waals surface area contributed by atoms with E-state index in [1.54, 1.807) is 12.1 Å². The highest BCUT2D eigenvalue weighted by Gasteiger charge is 2.32. The molecule has 11 heteroatoms. The standard InChI is InChI=1S/C18H19ClF3N3O3S/c19-13-1-6-16(24-11-13)17(12-7-9-23-10-8-12)25-29(26,27)15-4-2-14(3-5-15)28-18(20,21)22/h1-6,11-12,17,23,25H,7-10H2/t17-/m0/s1. The molecular weight excluding hydrogens is 431 g/mol. The van der Waals surface area contributed by atoms with Crippen molar-refractivity contribution in [2.24, 2.45) is 5.92 Å². The number of nitrogens with zero attached hydrogens (tertiary/aromatic N) is 1. The van der Waals surface area contributed by atoms with Crippen LogP contribution in [0.1, 0.15) is 24.6 Å². The molecule has 0 spiro atoms. The van der Waals surface area contributed by atoms with Crippen molar-refractivity contribution in [3.63, 3.8) is 0 Å². The van der Waals surface area contributed by atoms with Gasteiger partial charge < -0.3 is 10.1 Å². The van der Waals surface area contributed by atoms with E-state index in [0.717, 1.165) is 50.2 Å². The quantitative estimate of drug-likeness (QED) is 0.703. The lowest BCUT2D eigenvalue weighted by molar-refractivity contribution is -0.274. The van der Waals surface area contributed by atoms with Crippen LogP contribution in [-0.2, 0) is 10.0 Å². The van der Waals surface area contributed by atoms with Crippen molar-refractivity contribution in [1.82, 2.24) is 15.0 Å². The molecule has 0 saturated carbocycles. The van der Waals surface area contributed by atoms with Crippen LogP contribution in [0, 0.1) is 5.92 Å². The summed E-state index contributed by atoms with van der Waals surface area (Å²) in [5.41, 5.74) is 0.530. The van der Waals surface area contributed by atoms with E-state index in [1.807, 2.05) is 0 Å². The van der Waals surface area contributed by atoms with Crippen molar-refractivity contribution < 1.29 is 26.3 Å². The van der Waals surface area contributed by atoms with E-state index >= 15 is 0 Å². The first-order chi connectivity index (χ1) is 13.6. The smallest absolute Gasteiger partial charge is 0.406 e. The summed E-state index contributed by atoms with van der Waals surface area (Å²) in [7, 11) is -4.01. The van der Waals surface area contributed by atoms with Gasteiger partial charge in [0.2, 0.25) is 10.0 Å². The SMILES string of the molecule is O=S(=O)(N[C@H](c1ccc(Cl)cn1)C1CCNCC1)c1ccc(OC(F)(F)F)cc1. The summed E-state index contributed by atoms with van der Waals surface area (Å²) in [4.78, 5) is 4.10. The van der Waals surface area contributed by atoms with Crippen LogP contribution < -0.4 is 14.8 Å². The van der Waals surface area contributed by atoms with Gasteiger partial charge in [0.1, 0.15) is 5.75 Å². The van der Waals surface area contributed by atoms with Crippen molar-refractivity contribution in [3.8, 4) is 5.75 Å². The molecule has 1 atom stereocenters. The Kier molecular flexibility index (Phi) is 6.67. The van der Waals surface area contributed by atoms with Crippen LogP contribution in [-0.4, -0.2) is 32.9 Å². The second-order valence-corrected chi connectivity index (χ2v) is 8.76. The third-order valence-electron chi connectivity index (χ3n) is 4.57. The number of alkyl halides is 3. The van der Waals surface area contributed by atoms with Gasteiger partial charge in [0.25, 0.3) is 0 Å². The molecule has 0 amide bonds. The first kappa shape index (κ1) is 21.8. The lowest BCUT2D eigenvalue weighted by Gasteiger charge is -2.31. The minimum atomic E-state index is -4.85. The van der Waals surface area contributed by atoms with Crippen molar-refractivity contribution in [3.05, 3.63) is 53.3 Å². The van der Waals surface area contributed by atoms with E-state index in [1.165, 1.54) is 6.20 Å². The fraction of sp³-hybridized carbons (Fsp3) is 0.389. The first-order valence-corrected chi connectivity index (χ1v) is 10.7. The Balaban J connectivity index is 1.84. The van der Waals surface area contributed by atoms with Crippen molar-refractivity contribution in [1.29, 1.82) is 0 Å². The normalized spacial score (nSPS) is 17.1. The van der Waals surface area contributed by atoms with Gasteiger partial charge >= 0.3 is 6.36 Å². The zero-order valence-corrected chi connectivity index (χ0v) is 16.7. The fourth-order valence-electron chi connectivity index (χ4n) is 3.20. The molecule has 3 rings (SSSR count). The number of hydrogen-bond acceptors (Lipinski definition) is 5. The Bertz CT molecular complexity index is 916. The first-order valence-electron chi connectivity index (χ1n) is 8.84. The second-order valence-electron chi connectivity index (χ2n) is 6.61. The van der Waals surface area contributed by atoms with E-state index in [-0.39, 0.29) is 10.8 Å². The van der Waals surface area contributed by atoms with Gasteiger partial charge in [0.15, 0.2) is 0 Å². The molecule has 1 fully saturated rings. The minimum Gasteiger partial charge on any atom is -0.406 e. The molecule has 158 valence electrons. The number of nitrogens with one attached hydrogen (secondary N) is 2. The van der Waals surface area contributed by atoms with Crippen LogP contribution in [0.2, 0.25) is 5.02 Å². The highest BCUT2D eigenvalue weighted by Crippen LogP contribution is 2.31. The average molecular weight is 450 g/mol. The molecule has 0 aliphatic carbocycles. The van der Waals surface area contributed by atoms with Crippen molar-refractivity contribution >= 4 is 21.6 Å². The highest BCUT2D eigenvalue weighted by molar-refractivity contribution is 7.89. The molecule has 1 saturated heterocycles. The molecule has 6 nitrogen and oxygen atoms in total. The van der Waals surface area contributed by atoms with Crippen LogP contribution in [0.4, 0.5) is 13.2 Å². The van der Waals surface area contributed by atoms with Gasteiger partial charge in [-0.3, -0.25) is 4.98 Å². The van der Waals surface area contributed by atoms with Crippen LogP contribution >= 0.6 is 11.6 Å². The Labute approximate surface area is 171 Å². The predicted octanol–water partition coefficient (Wildman–Crippen LogP) is 3.65. The monoisotopic (exact) mass is 449 g/mol. The van der Waals surface area contributed by atoms with Gasteiger partial charge in [-0.15, -0.1) is 13.2 Å². The molecule has 29 heavy (non-hydrogen) atoms. The zero-order chi connectivity index (χ0) is 21.1. The van der Waals surface area contributed by atoms with Gasteiger partial charge in [-0.25, -0.2) is 13.1 Å². The zero-order valence-electron chi connectivity index (χ0n) is 15.1. The average Bonchev–Trinajstić information content (AvgIpc) is 2.67. The second kappa shape index (κ2) is 8.86. The summed E-state index contributed by atoms with van der Waals surface area (Å²) in [5, 5.41) is 3.66. The van der Waals surface area contributed by atoms with Crippen LogP contribution in [0.15, 0.2) is 47.5 Å². The van der Waals surface area contributed by atoms with Crippen LogP contribution in [0.3, 0.4) is 0 Å². The van der Waals surface area contributed by atoms with Crippen LogP contribution in [0.25, 0.3) is 0 Å². The molecule has 2 heterocycles. The molecule has 1 aromatic carbocycles. The van der Waals surface area contributed by atoms with Gasteiger partial charge in [0.05, 0.1) is 21.7 Å². The maximum atomic E-state index is 12.9. The molecule has 0 bridgehead atoms. The molecule has 2 aromatic rings. The van der Waals surface area contributed by atoms with Crippen molar-refractivity contribution in [2.75, 3.05) is 13.1 Å². The molecule has 1 aliphatic rings. The molecular formula is C18H19ClF3N3O3S. The van der Waals surface area contributed by atoms with Crippen molar-refractivity contribution in [2.45, 2.75) is 30.1 Å². The molecule has 0 unspecified atom stereocenters. The minimum absolute atomic E-state index is 0.00698. The number of halogens is 4. The molecule has 2 N–H and O–H groups in total. The maximum Gasteiger partial charge on any atom is 0.573 e. The molecule has 1 aromatic heterocycles. The Hall–Kier alpha value is -1.88. The molecule has 1 aliphatic heterocycles. The largest absolute Gasteiger partial charge is 0.573 e. The highest BCUT2D eigenvalue weighted by atomic mass is 35.5. The summed E-state index contributed by atoms with van der Waals surface area (Å²) >= 11 is 5.89.